The average Bonchev–Trinajstić information content (AvgIpc) is 2.49. The van der Waals surface area contributed by atoms with E-state index in [0.29, 0.717) is 17.8 Å². The van der Waals surface area contributed by atoms with Crippen molar-refractivity contribution in [3.05, 3.63) is 60.2 Å². The Balaban J connectivity index is 2.20. The van der Waals surface area contributed by atoms with Gasteiger partial charge in [0.2, 0.25) is 0 Å². The molecule has 0 aliphatic rings. The number of nitrogens with two attached hydrogens (primary N) is 1. The summed E-state index contributed by atoms with van der Waals surface area (Å²) in [5, 5.41) is 2.46. The Morgan fingerprint density at radius 2 is 1.67 bits per heavy atom. The largest absolute Gasteiger partial charge is 0.351 e. The first-order valence-corrected chi connectivity index (χ1v) is 6.65. The van der Waals surface area contributed by atoms with E-state index in [0.717, 1.165) is 5.69 Å². The highest BCUT2D eigenvalue weighted by atomic mass is 16.2. The molecule has 2 aromatic carbocycles. The Labute approximate surface area is 123 Å². The number of hydrogen-bond acceptors (Lipinski definition) is 2. The lowest BCUT2D eigenvalue weighted by atomic mass is 10.1. The summed E-state index contributed by atoms with van der Waals surface area (Å²) in [6, 6.07) is 15.5. The van der Waals surface area contributed by atoms with E-state index in [9.17, 15) is 9.59 Å². The normalized spacial score (nSPS) is 9.95. The van der Waals surface area contributed by atoms with Crippen molar-refractivity contribution in [2.45, 2.75) is 6.92 Å². The molecule has 3 amide bonds. The number of hydrogen-bond donors (Lipinski definition) is 2. The van der Waals surface area contributed by atoms with Crippen molar-refractivity contribution in [3.63, 3.8) is 0 Å². The van der Waals surface area contributed by atoms with Crippen molar-refractivity contribution in [1.82, 2.24) is 0 Å². The van der Waals surface area contributed by atoms with Crippen LogP contribution in [-0.2, 0) is 0 Å². The van der Waals surface area contributed by atoms with Crippen molar-refractivity contribution in [3.8, 4) is 0 Å². The molecular formula is C16H17N3O2. The quantitative estimate of drug-likeness (QED) is 0.905. The second-order valence-corrected chi connectivity index (χ2v) is 4.45. The Morgan fingerprint density at radius 1 is 1.05 bits per heavy atom. The SMILES string of the molecule is CCN(C(=O)c1ccc(NC(N)=O)cc1)c1ccccc1. The molecular weight excluding hydrogens is 266 g/mol. The number of anilines is 2. The van der Waals surface area contributed by atoms with Gasteiger partial charge < -0.3 is 16.0 Å². The molecule has 0 radical (unpaired) electrons. The highest BCUT2D eigenvalue weighted by Gasteiger charge is 2.15. The van der Waals surface area contributed by atoms with Crippen LogP contribution in [0.1, 0.15) is 17.3 Å². The van der Waals surface area contributed by atoms with Crippen LogP contribution >= 0.6 is 0 Å². The third kappa shape index (κ3) is 3.60. The van der Waals surface area contributed by atoms with Gasteiger partial charge in [0.05, 0.1) is 0 Å². The Bertz CT molecular complexity index is 624. The van der Waals surface area contributed by atoms with Gasteiger partial charge in [0, 0.05) is 23.5 Å². The number of carbonyl (C=O) groups is 2. The second kappa shape index (κ2) is 6.56. The fourth-order valence-electron chi connectivity index (χ4n) is 2.05. The lowest BCUT2D eigenvalue weighted by Crippen LogP contribution is -2.30. The van der Waals surface area contributed by atoms with Gasteiger partial charge in [0.15, 0.2) is 0 Å². The number of para-hydroxylation sites is 1. The van der Waals surface area contributed by atoms with E-state index in [2.05, 4.69) is 5.32 Å². The summed E-state index contributed by atoms with van der Waals surface area (Å²) >= 11 is 0. The molecule has 0 saturated heterocycles. The van der Waals surface area contributed by atoms with Gasteiger partial charge in [-0.2, -0.15) is 0 Å². The molecule has 21 heavy (non-hydrogen) atoms. The van der Waals surface area contributed by atoms with Gasteiger partial charge in [-0.15, -0.1) is 0 Å². The van der Waals surface area contributed by atoms with E-state index in [4.69, 9.17) is 5.73 Å². The minimum absolute atomic E-state index is 0.0886. The van der Waals surface area contributed by atoms with Crippen molar-refractivity contribution >= 4 is 23.3 Å². The number of urea groups is 1. The van der Waals surface area contributed by atoms with E-state index in [1.165, 1.54) is 0 Å². The third-order valence-corrected chi connectivity index (χ3v) is 3.03. The maximum atomic E-state index is 12.5. The monoisotopic (exact) mass is 283 g/mol. The molecule has 0 fully saturated rings. The minimum Gasteiger partial charge on any atom is -0.351 e. The molecule has 0 aliphatic heterocycles. The number of amides is 3. The fourth-order valence-corrected chi connectivity index (χ4v) is 2.05. The van der Waals surface area contributed by atoms with E-state index in [1.54, 1.807) is 29.2 Å². The van der Waals surface area contributed by atoms with Crippen molar-refractivity contribution in [2.24, 2.45) is 5.73 Å². The van der Waals surface area contributed by atoms with Crippen LogP contribution in [0.2, 0.25) is 0 Å². The predicted octanol–water partition coefficient (Wildman–Crippen LogP) is 2.84. The van der Waals surface area contributed by atoms with Gasteiger partial charge >= 0.3 is 6.03 Å². The summed E-state index contributed by atoms with van der Waals surface area (Å²) in [5.74, 6) is -0.0886. The number of carbonyl (C=O) groups excluding carboxylic acids is 2. The number of nitrogens with one attached hydrogen (secondary N) is 1. The summed E-state index contributed by atoms with van der Waals surface area (Å²) in [6.07, 6.45) is 0. The Morgan fingerprint density at radius 3 is 2.19 bits per heavy atom. The van der Waals surface area contributed by atoms with Crippen LogP contribution in [0.25, 0.3) is 0 Å². The topological polar surface area (TPSA) is 75.4 Å². The molecule has 2 rings (SSSR count). The van der Waals surface area contributed by atoms with Crippen molar-refractivity contribution in [1.29, 1.82) is 0 Å². The van der Waals surface area contributed by atoms with Crippen LogP contribution in [0.5, 0.6) is 0 Å². The van der Waals surface area contributed by atoms with E-state index < -0.39 is 6.03 Å². The highest BCUT2D eigenvalue weighted by Crippen LogP contribution is 2.17. The lowest BCUT2D eigenvalue weighted by molar-refractivity contribution is 0.0988. The van der Waals surface area contributed by atoms with Crippen molar-refractivity contribution in [2.75, 3.05) is 16.8 Å². The molecule has 108 valence electrons. The van der Waals surface area contributed by atoms with E-state index in [1.807, 2.05) is 37.3 Å². The van der Waals surface area contributed by atoms with Gasteiger partial charge in [-0.3, -0.25) is 4.79 Å². The van der Waals surface area contributed by atoms with E-state index in [-0.39, 0.29) is 5.91 Å². The van der Waals surface area contributed by atoms with Crippen LogP contribution in [0.4, 0.5) is 16.2 Å². The standard InChI is InChI=1S/C16H17N3O2/c1-2-19(14-6-4-3-5-7-14)15(20)12-8-10-13(11-9-12)18-16(17)21/h3-11H,2H2,1H3,(H3,17,18,21). The lowest BCUT2D eigenvalue weighted by Gasteiger charge is -2.21. The summed E-state index contributed by atoms with van der Waals surface area (Å²) in [7, 11) is 0. The second-order valence-electron chi connectivity index (χ2n) is 4.45. The molecule has 0 spiro atoms. The van der Waals surface area contributed by atoms with E-state index >= 15 is 0 Å². The maximum absolute atomic E-state index is 12.5. The molecule has 0 heterocycles. The van der Waals surface area contributed by atoms with Crippen LogP contribution < -0.4 is 16.0 Å². The zero-order valence-electron chi connectivity index (χ0n) is 11.7. The summed E-state index contributed by atoms with van der Waals surface area (Å²) in [5.41, 5.74) is 7.00. The molecule has 0 unspecified atom stereocenters. The molecule has 3 N–H and O–H groups in total. The molecule has 0 aromatic heterocycles. The molecule has 0 saturated carbocycles. The summed E-state index contributed by atoms with van der Waals surface area (Å²) in [6.45, 7) is 2.50. The van der Waals surface area contributed by atoms with Gasteiger partial charge in [-0.1, -0.05) is 18.2 Å². The van der Waals surface area contributed by atoms with Gasteiger partial charge in [-0.05, 0) is 43.3 Å². The molecule has 2 aromatic rings. The van der Waals surface area contributed by atoms with Crippen LogP contribution in [0.3, 0.4) is 0 Å². The minimum atomic E-state index is -0.631. The molecule has 0 aliphatic carbocycles. The number of primary amides is 1. The molecule has 5 heteroatoms. The predicted molar refractivity (Wildman–Crippen MR) is 83.4 cm³/mol. The van der Waals surface area contributed by atoms with Gasteiger partial charge in [0.25, 0.3) is 5.91 Å². The number of benzene rings is 2. The number of rotatable bonds is 4. The Kier molecular flexibility index (Phi) is 4.56. The first-order chi connectivity index (χ1) is 10.1. The first kappa shape index (κ1) is 14.6. The number of nitrogens with zero attached hydrogens (tertiary/aromatic N) is 1. The van der Waals surface area contributed by atoms with Crippen LogP contribution in [0, 0.1) is 0 Å². The summed E-state index contributed by atoms with van der Waals surface area (Å²) in [4.78, 5) is 25.0. The molecule has 0 atom stereocenters. The van der Waals surface area contributed by atoms with Gasteiger partial charge in [-0.25, -0.2) is 4.79 Å². The highest BCUT2D eigenvalue weighted by molar-refractivity contribution is 6.06. The van der Waals surface area contributed by atoms with Gasteiger partial charge in [0.1, 0.15) is 0 Å². The molecule has 0 bridgehead atoms. The zero-order valence-corrected chi connectivity index (χ0v) is 11.7. The van der Waals surface area contributed by atoms with Crippen molar-refractivity contribution < 1.29 is 9.59 Å². The zero-order chi connectivity index (χ0) is 15.2. The first-order valence-electron chi connectivity index (χ1n) is 6.65. The van der Waals surface area contributed by atoms with Crippen LogP contribution in [-0.4, -0.2) is 18.5 Å². The molecule has 5 nitrogen and oxygen atoms in total. The maximum Gasteiger partial charge on any atom is 0.316 e. The fraction of sp³-hybridized carbons (Fsp3) is 0.125. The Hall–Kier alpha value is -2.82. The average molecular weight is 283 g/mol. The van der Waals surface area contributed by atoms with Crippen LogP contribution in [0.15, 0.2) is 54.6 Å². The smallest absolute Gasteiger partial charge is 0.316 e. The summed E-state index contributed by atoms with van der Waals surface area (Å²) < 4.78 is 0. The third-order valence-electron chi connectivity index (χ3n) is 3.03.